The molecular formula is C16H20N2O3. The molecule has 1 N–H and O–H groups in total. The van der Waals surface area contributed by atoms with Crippen LogP contribution in [0.4, 0.5) is 0 Å². The van der Waals surface area contributed by atoms with Gasteiger partial charge in [0.15, 0.2) is 0 Å². The van der Waals surface area contributed by atoms with Gasteiger partial charge in [0.1, 0.15) is 0 Å². The van der Waals surface area contributed by atoms with E-state index < -0.39 is 5.97 Å². The van der Waals surface area contributed by atoms with Crippen molar-refractivity contribution in [3.8, 4) is 0 Å². The fourth-order valence-corrected chi connectivity index (χ4v) is 2.86. The molecule has 0 aromatic carbocycles. The number of rotatable bonds is 3. The zero-order valence-electron chi connectivity index (χ0n) is 12.3. The van der Waals surface area contributed by atoms with Crippen LogP contribution in [0.2, 0.25) is 0 Å². The minimum atomic E-state index is -1.04. The maximum Gasteiger partial charge on any atom is 0.328 e. The van der Waals surface area contributed by atoms with Gasteiger partial charge in [-0.2, -0.15) is 0 Å². The van der Waals surface area contributed by atoms with Gasteiger partial charge in [-0.05, 0) is 45.3 Å². The molecule has 1 saturated heterocycles. The number of pyridine rings is 1. The van der Waals surface area contributed by atoms with Gasteiger partial charge < -0.3 is 10.0 Å². The third-order valence-electron chi connectivity index (χ3n) is 3.92. The fraction of sp³-hybridized carbons (Fsp3) is 0.438. The van der Waals surface area contributed by atoms with E-state index in [0.29, 0.717) is 11.1 Å². The van der Waals surface area contributed by atoms with Crippen LogP contribution in [-0.4, -0.2) is 39.0 Å². The van der Waals surface area contributed by atoms with E-state index in [2.05, 4.69) is 18.8 Å². The Bertz CT molecular complexity index is 558. The molecule has 5 heteroatoms. The molecular weight excluding hydrogens is 268 g/mol. The topological polar surface area (TPSA) is 70.5 Å². The fourth-order valence-electron chi connectivity index (χ4n) is 2.86. The van der Waals surface area contributed by atoms with Crippen molar-refractivity contribution in [3.05, 3.63) is 35.7 Å². The first-order valence-electron chi connectivity index (χ1n) is 7.18. The molecule has 21 heavy (non-hydrogen) atoms. The molecule has 2 heterocycles. The van der Waals surface area contributed by atoms with Crippen LogP contribution in [-0.2, 0) is 4.79 Å². The Hall–Kier alpha value is -2.17. The average molecular weight is 288 g/mol. The first kappa shape index (κ1) is 15.2. The number of carboxylic acid groups (broad SMARTS) is 1. The zero-order chi connectivity index (χ0) is 15.4. The highest BCUT2D eigenvalue weighted by atomic mass is 16.4. The number of hydrogen-bond acceptors (Lipinski definition) is 3. The summed E-state index contributed by atoms with van der Waals surface area (Å²) in [6.45, 7) is 4.11. The van der Waals surface area contributed by atoms with E-state index in [0.717, 1.165) is 25.3 Å². The minimum Gasteiger partial charge on any atom is -0.478 e. The van der Waals surface area contributed by atoms with E-state index in [1.54, 1.807) is 12.3 Å². The quantitative estimate of drug-likeness (QED) is 0.868. The van der Waals surface area contributed by atoms with Gasteiger partial charge >= 0.3 is 5.97 Å². The van der Waals surface area contributed by atoms with Crippen molar-refractivity contribution in [2.45, 2.75) is 45.2 Å². The van der Waals surface area contributed by atoms with Gasteiger partial charge in [-0.1, -0.05) is 0 Å². The van der Waals surface area contributed by atoms with Crippen LogP contribution in [0.1, 0.15) is 49.0 Å². The Morgan fingerprint density at radius 2 is 2.00 bits per heavy atom. The predicted octanol–water partition coefficient (Wildman–Crippen LogP) is 2.58. The molecule has 1 aliphatic rings. The molecule has 1 amide bonds. The lowest BCUT2D eigenvalue weighted by Gasteiger charge is -2.39. The molecule has 1 aliphatic heterocycles. The summed E-state index contributed by atoms with van der Waals surface area (Å²) in [6.07, 6.45) is 8.66. The average Bonchev–Trinajstić information content (AvgIpc) is 2.45. The van der Waals surface area contributed by atoms with E-state index in [-0.39, 0.29) is 18.0 Å². The minimum absolute atomic E-state index is 0.0536. The first-order valence-corrected chi connectivity index (χ1v) is 7.18. The molecule has 0 bridgehead atoms. The van der Waals surface area contributed by atoms with E-state index in [4.69, 9.17) is 5.11 Å². The van der Waals surface area contributed by atoms with E-state index in [9.17, 15) is 9.59 Å². The lowest BCUT2D eigenvalue weighted by molar-refractivity contribution is -0.131. The van der Waals surface area contributed by atoms with Crippen molar-refractivity contribution in [3.63, 3.8) is 0 Å². The van der Waals surface area contributed by atoms with Gasteiger partial charge in [-0.3, -0.25) is 9.78 Å². The summed E-state index contributed by atoms with van der Waals surface area (Å²) >= 11 is 0. The lowest BCUT2D eigenvalue weighted by Crippen LogP contribution is -2.47. The van der Waals surface area contributed by atoms with Crippen LogP contribution in [0, 0.1) is 0 Å². The van der Waals surface area contributed by atoms with Crippen LogP contribution < -0.4 is 0 Å². The normalized spacial score (nSPS) is 22.5. The molecule has 0 unspecified atom stereocenters. The Morgan fingerprint density at radius 1 is 1.33 bits per heavy atom. The zero-order valence-corrected chi connectivity index (χ0v) is 12.3. The predicted molar refractivity (Wildman–Crippen MR) is 79.9 cm³/mol. The summed E-state index contributed by atoms with van der Waals surface area (Å²) in [5.74, 6) is -1.10. The second-order valence-corrected chi connectivity index (χ2v) is 5.48. The number of likely N-dealkylation sites (tertiary alicyclic amines) is 1. The van der Waals surface area contributed by atoms with Gasteiger partial charge in [0.05, 0.1) is 0 Å². The second kappa shape index (κ2) is 6.52. The van der Waals surface area contributed by atoms with Crippen molar-refractivity contribution < 1.29 is 14.7 Å². The Labute approximate surface area is 124 Å². The number of aliphatic carboxylic acids is 1. The summed E-state index contributed by atoms with van der Waals surface area (Å²) in [5, 5.41) is 8.73. The van der Waals surface area contributed by atoms with Crippen LogP contribution in [0.25, 0.3) is 6.08 Å². The van der Waals surface area contributed by atoms with Crippen LogP contribution in [0.5, 0.6) is 0 Å². The summed E-state index contributed by atoms with van der Waals surface area (Å²) in [7, 11) is 0. The number of piperidine rings is 1. The lowest BCUT2D eigenvalue weighted by atomic mass is 9.95. The third-order valence-corrected chi connectivity index (χ3v) is 3.92. The van der Waals surface area contributed by atoms with Gasteiger partial charge in [-0.25, -0.2) is 4.79 Å². The number of amides is 1. The van der Waals surface area contributed by atoms with Crippen LogP contribution in [0.15, 0.2) is 24.5 Å². The van der Waals surface area contributed by atoms with Crippen LogP contribution >= 0.6 is 0 Å². The van der Waals surface area contributed by atoms with Gasteiger partial charge in [0.2, 0.25) is 0 Å². The molecule has 2 rings (SSSR count). The SMILES string of the molecule is C[C@@H]1CCC[C@H](C)N1C(=O)c1ccncc1/C=C/C(=O)O. The van der Waals surface area contributed by atoms with Crippen molar-refractivity contribution >= 4 is 18.0 Å². The van der Waals surface area contributed by atoms with Crippen molar-refractivity contribution in [1.82, 2.24) is 9.88 Å². The number of carbonyl (C=O) groups excluding carboxylic acids is 1. The highest BCUT2D eigenvalue weighted by Gasteiger charge is 2.30. The summed E-state index contributed by atoms with van der Waals surface area (Å²) in [6, 6.07) is 2.05. The van der Waals surface area contributed by atoms with Crippen molar-refractivity contribution in [2.24, 2.45) is 0 Å². The number of aromatic nitrogens is 1. The number of hydrogen-bond donors (Lipinski definition) is 1. The monoisotopic (exact) mass is 288 g/mol. The number of carboxylic acids is 1. The van der Waals surface area contributed by atoms with E-state index in [1.165, 1.54) is 12.3 Å². The molecule has 1 aromatic rings. The number of carbonyl (C=O) groups is 2. The summed E-state index contributed by atoms with van der Waals surface area (Å²) in [5.41, 5.74) is 1.04. The Morgan fingerprint density at radius 3 is 2.62 bits per heavy atom. The van der Waals surface area contributed by atoms with Gasteiger partial charge in [-0.15, -0.1) is 0 Å². The number of nitrogens with zero attached hydrogens (tertiary/aromatic N) is 2. The van der Waals surface area contributed by atoms with Crippen molar-refractivity contribution in [1.29, 1.82) is 0 Å². The maximum atomic E-state index is 12.8. The highest BCUT2D eigenvalue weighted by Crippen LogP contribution is 2.25. The molecule has 2 atom stereocenters. The maximum absolute atomic E-state index is 12.8. The third kappa shape index (κ3) is 3.48. The molecule has 0 aliphatic carbocycles. The summed E-state index contributed by atoms with van der Waals surface area (Å²) < 4.78 is 0. The second-order valence-electron chi connectivity index (χ2n) is 5.48. The van der Waals surface area contributed by atoms with Crippen molar-refractivity contribution in [2.75, 3.05) is 0 Å². The molecule has 0 spiro atoms. The molecule has 5 nitrogen and oxygen atoms in total. The smallest absolute Gasteiger partial charge is 0.328 e. The molecule has 112 valence electrons. The largest absolute Gasteiger partial charge is 0.478 e. The Balaban J connectivity index is 2.32. The van der Waals surface area contributed by atoms with Crippen LogP contribution in [0.3, 0.4) is 0 Å². The van der Waals surface area contributed by atoms with Gasteiger partial charge in [0, 0.05) is 41.7 Å². The Kier molecular flexibility index (Phi) is 4.73. The van der Waals surface area contributed by atoms with Gasteiger partial charge in [0.25, 0.3) is 5.91 Å². The van der Waals surface area contributed by atoms with E-state index >= 15 is 0 Å². The standard InChI is InChI=1S/C16H20N2O3/c1-11-4-3-5-12(2)18(11)16(21)14-8-9-17-10-13(14)6-7-15(19)20/h6-12H,3-5H2,1-2H3,(H,19,20)/b7-6+/t11-,12+. The molecule has 0 radical (unpaired) electrons. The van der Waals surface area contributed by atoms with E-state index in [1.807, 2.05) is 4.90 Å². The molecule has 0 saturated carbocycles. The molecule has 1 fully saturated rings. The summed E-state index contributed by atoms with van der Waals surface area (Å²) in [4.78, 5) is 29.3. The molecule has 1 aromatic heterocycles. The highest BCUT2D eigenvalue weighted by molar-refractivity contribution is 5.99. The first-order chi connectivity index (χ1) is 10.0.